The second kappa shape index (κ2) is 5.70. The van der Waals surface area contributed by atoms with Gasteiger partial charge in [0.2, 0.25) is 0 Å². The van der Waals surface area contributed by atoms with Crippen LogP contribution >= 0.6 is 22.9 Å². The van der Waals surface area contributed by atoms with Crippen LogP contribution in [0.3, 0.4) is 0 Å². The molecule has 0 saturated heterocycles. The molecule has 2 rings (SSSR count). The largest absolute Gasteiger partial charge is 0.365 e. The molecular weight excluding hydrogens is 290 g/mol. The summed E-state index contributed by atoms with van der Waals surface area (Å²) in [5, 5.41) is 6.01. The lowest BCUT2D eigenvalue weighted by Gasteiger charge is -2.19. The highest BCUT2D eigenvalue weighted by atomic mass is 35.5. The Balaban J connectivity index is 2.27. The van der Waals surface area contributed by atoms with Gasteiger partial charge in [-0.15, -0.1) is 11.3 Å². The first kappa shape index (κ1) is 15.3. The Hall–Kier alpha value is -1.13. The van der Waals surface area contributed by atoms with Gasteiger partial charge in [-0.25, -0.2) is 9.97 Å². The van der Waals surface area contributed by atoms with Crippen molar-refractivity contribution in [3.8, 4) is 0 Å². The Morgan fingerprint density at radius 3 is 2.50 bits per heavy atom. The summed E-state index contributed by atoms with van der Waals surface area (Å²) in [4.78, 5) is 10.3. The van der Waals surface area contributed by atoms with Crippen LogP contribution in [0.4, 0.5) is 5.82 Å². The number of aryl methyl sites for hydroxylation is 1. The van der Waals surface area contributed by atoms with E-state index in [1.54, 1.807) is 11.3 Å². The molecule has 2 heterocycles. The average molecular weight is 310 g/mol. The van der Waals surface area contributed by atoms with E-state index in [0.29, 0.717) is 5.15 Å². The Kier molecular flexibility index (Phi) is 4.35. The van der Waals surface area contributed by atoms with Crippen LogP contribution in [0.15, 0.2) is 11.4 Å². The molecule has 0 aromatic carbocycles. The third kappa shape index (κ3) is 3.30. The van der Waals surface area contributed by atoms with Gasteiger partial charge in [0, 0.05) is 15.9 Å². The maximum atomic E-state index is 6.23. The van der Waals surface area contributed by atoms with E-state index in [-0.39, 0.29) is 5.41 Å². The van der Waals surface area contributed by atoms with Crippen LogP contribution < -0.4 is 5.32 Å². The van der Waals surface area contributed by atoms with Crippen molar-refractivity contribution < 1.29 is 0 Å². The van der Waals surface area contributed by atoms with Gasteiger partial charge in [-0.1, -0.05) is 32.4 Å². The normalized spacial score (nSPS) is 11.7. The van der Waals surface area contributed by atoms with Crippen LogP contribution in [-0.4, -0.2) is 9.97 Å². The molecule has 0 bridgehead atoms. The third-order valence-electron chi connectivity index (χ3n) is 3.14. The van der Waals surface area contributed by atoms with Crippen LogP contribution in [0.2, 0.25) is 5.15 Å². The molecule has 0 saturated carbocycles. The van der Waals surface area contributed by atoms with Crippen molar-refractivity contribution in [3.63, 3.8) is 0 Å². The topological polar surface area (TPSA) is 37.8 Å². The van der Waals surface area contributed by atoms with Gasteiger partial charge < -0.3 is 5.32 Å². The van der Waals surface area contributed by atoms with E-state index in [9.17, 15) is 0 Å². The van der Waals surface area contributed by atoms with E-state index in [4.69, 9.17) is 11.6 Å². The molecule has 0 unspecified atom stereocenters. The molecule has 108 valence electrons. The fraction of sp³-hybridized carbons (Fsp3) is 0.467. The van der Waals surface area contributed by atoms with Gasteiger partial charge in [-0.05, 0) is 30.9 Å². The molecule has 0 radical (unpaired) electrons. The van der Waals surface area contributed by atoms with Gasteiger partial charge in [0.15, 0.2) is 0 Å². The highest BCUT2D eigenvalue weighted by molar-refractivity contribution is 7.10. The van der Waals surface area contributed by atoms with Gasteiger partial charge in [0.05, 0.1) is 6.54 Å². The minimum absolute atomic E-state index is 0.118. The molecule has 5 heteroatoms. The molecule has 2 aromatic rings. The molecule has 0 aliphatic rings. The standard InChI is InChI=1S/C15H20ClN3S/c1-9-6-7-20-11(9)8-17-13-10(2)12(16)18-14(19-13)15(3,4)5/h6-7H,8H2,1-5H3,(H,17,18,19). The van der Waals surface area contributed by atoms with Crippen LogP contribution in [0, 0.1) is 13.8 Å². The Bertz CT molecular complexity index is 614. The quantitative estimate of drug-likeness (QED) is 0.834. The summed E-state index contributed by atoms with van der Waals surface area (Å²) in [7, 11) is 0. The van der Waals surface area contributed by atoms with Crippen molar-refractivity contribution in [1.82, 2.24) is 9.97 Å². The predicted molar refractivity (Wildman–Crippen MR) is 86.9 cm³/mol. The molecule has 20 heavy (non-hydrogen) atoms. The van der Waals surface area contributed by atoms with Crippen molar-refractivity contribution in [2.24, 2.45) is 0 Å². The molecule has 2 aromatic heterocycles. The van der Waals surface area contributed by atoms with Crippen LogP contribution in [-0.2, 0) is 12.0 Å². The van der Waals surface area contributed by atoms with Crippen molar-refractivity contribution >= 4 is 28.8 Å². The molecule has 0 atom stereocenters. The number of halogens is 1. The predicted octanol–water partition coefficient (Wildman–Crippen LogP) is 4.72. The zero-order chi connectivity index (χ0) is 14.9. The minimum Gasteiger partial charge on any atom is -0.365 e. The first-order valence-electron chi connectivity index (χ1n) is 6.60. The van der Waals surface area contributed by atoms with Crippen LogP contribution in [0.1, 0.15) is 42.6 Å². The van der Waals surface area contributed by atoms with Crippen LogP contribution in [0.25, 0.3) is 0 Å². The number of aromatic nitrogens is 2. The smallest absolute Gasteiger partial charge is 0.137 e. The lowest BCUT2D eigenvalue weighted by Crippen LogP contribution is -2.18. The summed E-state index contributed by atoms with van der Waals surface area (Å²) in [6.07, 6.45) is 0. The van der Waals surface area contributed by atoms with E-state index in [0.717, 1.165) is 23.8 Å². The summed E-state index contributed by atoms with van der Waals surface area (Å²) in [6.45, 7) is 11.1. The highest BCUT2D eigenvalue weighted by Crippen LogP contribution is 2.27. The van der Waals surface area contributed by atoms with Crippen LogP contribution in [0.5, 0.6) is 0 Å². The minimum atomic E-state index is -0.118. The summed E-state index contributed by atoms with van der Waals surface area (Å²) >= 11 is 7.98. The molecule has 0 amide bonds. The fourth-order valence-electron chi connectivity index (χ4n) is 1.75. The molecule has 3 nitrogen and oxygen atoms in total. The molecule has 1 N–H and O–H groups in total. The summed E-state index contributed by atoms with van der Waals surface area (Å²) in [5.41, 5.74) is 2.08. The average Bonchev–Trinajstić information content (AvgIpc) is 2.75. The molecule has 0 spiro atoms. The van der Waals surface area contributed by atoms with Gasteiger partial charge in [0.1, 0.15) is 16.8 Å². The molecule has 0 aliphatic heterocycles. The Morgan fingerprint density at radius 2 is 1.95 bits per heavy atom. The number of anilines is 1. The van der Waals surface area contributed by atoms with Crippen molar-refractivity contribution in [1.29, 1.82) is 0 Å². The second-order valence-corrected chi connectivity index (χ2v) is 7.30. The van der Waals surface area contributed by atoms with Gasteiger partial charge in [-0.2, -0.15) is 0 Å². The number of nitrogens with zero attached hydrogens (tertiary/aromatic N) is 2. The first-order valence-corrected chi connectivity index (χ1v) is 7.86. The zero-order valence-electron chi connectivity index (χ0n) is 12.5. The number of thiophene rings is 1. The van der Waals surface area contributed by atoms with Crippen molar-refractivity contribution in [2.75, 3.05) is 5.32 Å². The van der Waals surface area contributed by atoms with Crippen molar-refractivity contribution in [2.45, 2.75) is 46.6 Å². The number of nitrogens with one attached hydrogen (secondary N) is 1. The Labute approximate surface area is 129 Å². The van der Waals surface area contributed by atoms with Crippen molar-refractivity contribution in [3.05, 3.63) is 38.4 Å². The summed E-state index contributed by atoms with van der Waals surface area (Å²) in [6, 6.07) is 2.13. The van der Waals surface area contributed by atoms with Gasteiger partial charge in [-0.3, -0.25) is 0 Å². The fourth-order valence-corrected chi connectivity index (χ4v) is 2.76. The number of rotatable bonds is 3. The summed E-state index contributed by atoms with van der Waals surface area (Å²) < 4.78 is 0. The van der Waals surface area contributed by atoms with E-state index >= 15 is 0 Å². The number of hydrogen-bond donors (Lipinski definition) is 1. The number of hydrogen-bond acceptors (Lipinski definition) is 4. The Morgan fingerprint density at radius 1 is 1.25 bits per heavy atom. The summed E-state index contributed by atoms with van der Waals surface area (Å²) in [5.74, 6) is 1.58. The zero-order valence-corrected chi connectivity index (χ0v) is 14.1. The van der Waals surface area contributed by atoms with E-state index in [1.807, 2.05) is 6.92 Å². The molecular formula is C15H20ClN3S. The maximum absolute atomic E-state index is 6.23. The van der Waals surface area contributed by atoms with E-state index < -0.39 is 0 Å². The molecule has 0 fully saturated rings. The first-order chi connectivity index (χ1) is 9.29. The highest BCUT2D eigenvalue weighted by Gasteiger charge is 2.20. The maximum Gasteiger partial charge on any atom is 0.137 e. The van der Waals surface area contributed by atoms with E-state index in [2.05, 4.69) is 54.4 Å². The third-order valence-corrected chi connectivity index (χ3v) is 4.53. The molecule has 0 aliphatic carbocycles. The lowest BCUT2D eigenvalue weighted by molar-refractivity contribution is 0.545. The lowest BCUT2D eigenvalue weighted by atomic mass is 9.95. The SMILES string of the molecule is Cc1ccsc1CNc1nc(C(C)(C)C)nc(Cl)c1C. The van der Waals surface area contributed by atoms with Gasteiger partial charge >= 0.3 is 0 Å². The monoisotopic (exact) mass is 309 g/mol. The van der Waals surface area contributed by atoms with Gasteiger partial charge in [0.25, 0.3) is 0 Å². The van der Waals surface area contributed by atoms with E-state index in [1.165, 1.54) is 10.4 Å². The second-order valence-electron chi connectivity index (χ2n) is 5.94.